The molecule has 0 N–H and O–H groups in total. The van der Waals surface area contributed by atoms with Crippen LogP contribution in [0.3, 0.4) is 0 Å². The number of nitrogens with zero attached hydrogens (tertiary/aromatic N) is 1. The zero-order valence-corrected chi connectivity index (χ0v) is 11.1. The SMILES string of the molecule is CCN(CCS(=O)(=O)CC)C[C@H]1CCCO1. The van der Waals surface area contributed by atoms with Gasteiger partial charge in [-0.25, -0.2) is 8.42 Å². The summed E-state index contributed by atoms with van der Waals surface area (Å²) in [4.78, 5) is 2.17. The van der Waals surface area contributed by atoms with E-state index in [9.17, 15) is 8.42 Å². The van der Waals surface area contributed by atoms with Gasteiger partial charge < -0.3 is 9.64 Å². The topological polar surface area (TPSA) is 46.6 Å². The molecule has 0 spiro atoms. The zero-order valence-electron chi connectivity index (χ0n) is 10.3. The molecule has 0 saturated carbocycles. The van der Waals surface area contributed by atoms with Crippen molar-refractivity contribution in [1.82, 2.24) is 4.90 Å². The first-order chi connectivity index (χ1) is 7.57. The second-order valence-electron chi connectivity index (χ2n) is 4.26. The lowest BCUT2D eigenvalue weighted by atomic mass is 10.2. The highest BCUT2D eigenvalue weighted by Crippen LogP contribution is 2.13. The van der Waals surface area contributed by atoms with Gasteiger partial charge in [0.05, 0.1) is 11.9 Å². The lowest BCUT2D eigenvalue weighted by Gasteiger charge is -2.23. The Labute approximate surface area is 98.9 Å². The minimum Gasteiger partial charge on any atom is -0.377 e. The van der Waals surface area contributed by atoms with Crippen LogP contribution in [0.5, 0.6) is 0 Å². The number of sulfone groups is 1. The zero-order chi connectivity index (χ0) is 12.0. The Morgan fingerprint density at radius 2 is 2.12 bits per heavy atom. The van der Waals surface area contributed by atoms with E-state index >= 15 is 0 Å². The van der Waals surface area contributed by atoms with Gasteiger partial charge in [0.25, 0.3) is 0 Å². The summed E-state index contributed by atoms with van der Waals surface area (Å²) in [5.41, 5.74) is 0. The molecule has 96 valence electrons. The molecule has 0 aromatic carbocycles. The van der Waals surface area contributed by atoms with E-state index in [1.807, 2.05) is 0 Å². The minimum atomic E-state index is -2.84. The van der Waals surface area contributed by atoms with Crippen molar-refractivity contribution in [1.29, 1.82) is 0 Å². The van der Waals surface area contributed by atoms with Crippen molar-refractivity contribution in [3.05, 3.63) is 0 Å². The third-order valence-electron chi connectivity index (χ3n) is 3.09. The fraction of sp³-hybridized carbons (Fsp3) is 1.00. The highest BCUT2D eigenvalue weighted by Gasteiger charge is 2.19. The molecule has 0 radical (unpaired) electrons. The second-order valence-corrected chi connectivity index (χ2v) is 6.74. The molecule has 1 heterocycles. The van der Waals surface area contributed by atoms with Gasteiger partial charge in [-0.1, -0.05) is 13.8 Å². The number of hydrogen-bond acceptors (Lipinski definition) is 4. The van der Waals surface area contributed by atoms with E-state index in [2.05, 4.69) is 11.8 Å². The van der Waals surface area contributed by atoms with Gasteiger partial charge in [-0.15, -0.1) is 0 Å². The first kappa shape index (κ1) is 13.9. The monoisotopic (exact) mass is 249 g/mol. The van der Waals surface area contributed by atoms with E-state index in [0.29, 0.717) is 12.6 Å². The van der Waals surface area contributed by atoms with Crippen LogP contribution in [-0.2, 0) is 14.6 Å². The van der Waals surface area contributed by atoms with Crippen molar-refractivity contribution < 1.29 is 13.2 Å². The number of ether oxygens (including phenoxy) is 1. The highest BCUT2D eigenvalue weighted by atomic mass is 32.2. The summed E-state index contributed by atoms with van der Waals surface area (Å²) < 4.78 is 28.4. The summed E-state index contributed by atoms with van der Waals surface area (Å²) in [5.74, 6) is 0.508. The van der Waals surface area contributed by atoms with Crippen molar-refractivity contribution in [2.45, 2.75) is 32.8 Å². The van der Waals surface area contributed by atoms with Crippen LogP contribution in [0.1, 0.15) is 26.7 Å². The van der Waals surface area contributed by atoms with Crippen LogP contribution in [0.4, 0.5) is 0 Å². The Bertz CT molecular complexity index is 284. The second kappa shape index (κ2) is 6.57. The van der Waals surface area contributed by atoms with Crippen molar-refractivity contribution >= 4 is 9.84 Å². The van der Waals surface area contributed by atoms with Crippen molar-refractivity contribution in [3.63, 3.8) is 0 Å². The van der Waals surface area contributed by atoms with Crippen molar-refractivity contribution in [2.75, 3.05) is 37.7 Å². The highest BCUT2D eigenvalue weighted by molar-refractivity contribution is 7.91. The van der Waals surface area contributed by atoms with Crippen LogP contribution in [0.15, 0.2) is 0 Å². The summed E-state index contributed by atoms with van der Waals surface area (Å²) in [6.45, 7) is 7.01. The molecule has 0 unspecified atom stereocenters. The molecule has 0 bridgehead atoms. The van der Waals surface area contributed by atoms with Gasteiger partial charge in [-0.2, -0.15) is 0 Å². The van der Waals surface area contributed by atoms with E-state index in [1.54, 1.807) is 6.92 Å². The van der Waals surface area contributed by atoms with E-state index in [4.69, 9.17) is 4.74 Å². The summed E-state index contributed by atoms with van der Waals surface area (Å²) in [6.07, 6.45) is 2.55. The van der Waals surface area contributed by atoms with Gasteiger partial charge in [-0.05, 0) is 19.4 Å². The average molecular weight is 249 g/mol. The van der Waals surface area contributed by atoms with Crippen LogP contribution < -0.4 is 0 Å². The molecule has 0 amide bonds. The summed E-state index contributed by atoms with van der Waals surface area (Å²) >= 11 is 0. The number of rotatable bonds is 7. The molecule has 1 atom stereocenters. The van der Waals surface area contributed by atoms with Crippen LogP contribution in [0.25, 0.3) is 0 Å². The molecule has 16 heavy (non-hydrogen) atoms. The standard InChI is InChI=1S/C11H23NO3S/c1-3-12(7-9-16(13,14)4-2)10-11-6-5-8-15-11/h11H,3-10H2,1-2H3/t11-/m1/s1. The van der Waals surface area contributed by atoms with Gasteiger partial charge in [0.2, 0.25) is 0 Å². The number of likely N-dealkylation sites (N-methyl/N-ethyl adjacent to an activating group) is 1. The molecule has 1 aliphatic heterocycles. The Balaban J connectivity index is 2.31. The molecule has 1 fully saturated rings. The molecule has 0 aromatic rings. The third kappa shape index (κ3) is 4.80. The maximum absolute atomic E-state index is 11.4. The Hall–Kier alpha value is -0.130. The van der Waals surface area contributed by atoms with Crippen LogP contribution in [0.2, 0.25) is 0 Å². The Kier molecular flexibility index (Phi) is 5.72. The maximum Gasteiger partial charge on any atom is 0.151 e. The Morgan fingerprint density at radius 1 is 1.38 bits per heavy atom. The van der Waals surface area contributed by atoms with Crippen LogP contribution in [-0.4, -0.2) is 57.2 Å². The predicted octanol–water partition coefficient (Wildman–Crippen LogP) is 0.922. The molecular formula is C11H23NO3S. The first-order valence-electron chi connectivity index (χ1n) is 6.11. The summed E-state index contributed by atoms with van der Waals surface area (Å²) in [5, 5.41) is 0. The van der Waals surface area contributed by atoms with E-state index in [1.165, 1.54) is 0 Å². The number of hydrogen-bond donors (Lipinski definition) is 0. The molecular weight excluding hydrogens is 226 g/mol. The van der Waals surface area contributed by atoms with Crippen molar-refractivity contribution in [3.8, 4) is 0 Å². The lowest BCUT2D eigenvalue weighted by molar-refractivity contribution is 0.0768. The van der Waals surface area contributed by atoms with E-state index in [-0.39, 0.29) is 11.5 Å². The maximum atomic E-state index is 11.4. The normalized spacial score (nSPS) is 21.8. The van der Waals surface area contributed by atoms with Crippen molar-refractivity contribution in [2.24, 2.45) is 0 Å². The molecule has 4 nitrogen and oxygen atoms in total. The lowest BCUT2D eigenvalue weighted by Crippen LogP contribution is -2.35. The van der Waals surface area contributed by atoms with Crippen LogP contribution >= 0.6 is 0 Å². The minimum absolute atomic E-state index is 0.241. The predicted molar refractivity (Wildman–Crippen MR) is 65.4 cm³/mol. The third-order valence-corrected chi connectivity index (χ3v) is 4.78. The van der Waals surface area contributed by atoms with Crippen LogP contribution in [0, 0.1) is 0 Å². The molecule has 0 aromatic heterocycles. The molecule has 1 aliphatic rings. The largest absolute Gasteiger partial charge is 0.377 e. The van der Waals surface area contributed by atoms with E-state index < -0.39 is 9.84 Å². The summed E-state index contributed by atoms with van der Waals surface area (Å²) in [6, 6.07) is 0. The molecule has 5 heteroatoms. The quantitative estimate of drug-likeness (QED) is 0.673. The Morgan fingerprint density at radius 3 is 2.62 bits per heavy atom. The molecule has 1 rings (SSSR count). The van der Waals surface area contributed by atoms with Gasteiger partial charge in [0.1, 0.15) is 0 Å². The van der Waals surface area contributed by atoms with Gasteiger partial charge in [-0.3, -0.25) is 0 Å². The fourth-order valence-corrected chi connectivity index (χ4v) is 2.69. The average Bonchev–Trinajstić information content (AvgIpc) is 2.77. The van der Waals surface area contributed by atoms with Gasteiger partial charge in [0.15, 0.2) is 9.84 Å². The van der Waals surface area contributed by atoms with Gasteiger partial charge >= 0.3 is 0 Å². The smallest absolute Gasteiger partial charge is 0.151 e. The first-order valence-corrected chi connectivity index (χ1v) is 7.94. The van der Waals surface area contributed by atoms with Gasteiger partial charge in [0, 0.05) is 25.4 Å². The van der Waals surface area contributed by atoms with E-state index in [0.717, 1.165) is 32.5 Å². The molecule has 1 saturated heterocycles. The molecule has 0 aliphatic carbocycles. The fourth-order valence-electron chi connectivity index (χ4n) is 1.87. The summed E-state index contributed by atoms with van der Waals surface area (Å²) in [7, 11) is -2.84.